The van der Waals surface area contributed by atoms with Crippen molar-refractivity contribution in [2.45, 2.75) is 6.61 Å². The maximum atomic E-state index is 11.8. The third-order valence-electron chi connectivity index (χ3n) is 3.40. The fourth-order valence-electron chi connectivity index (χ4n) is 2.11. The monoisotopic (exact) mass is 385 g/mol. The van der Waals surface area contributed by atoms with Gasteiger partial charge in [0.2, 0.25) is 5.82 Å². The number of hydrogen-bond donors (Lipinski definition) is 0. The average molecular weight is 386 g/mol. The van der Waals surface area contributed by atoms with Gasteiger partial charge in [0.1, 0.15) is 0 Å². The summed E-state index contributed by atoms with van der Waals surface area (Å²) in [6.07, 6.45) is 2.69. The van der Waals surface area contributed by atoms with Crippen molar-refractivity contribution in [2.75, 3.05) is 0 Å². The van der Waals surface area contributed by atoms with E-state index in [-0.39, 0.29) is 18.2 Å². The predicted octanol–water partition coefficient (Wildman–Crippen LogP) is 4.05. The van der Waals surface area contributed by atoms with Crippen LogP contribution in [-0.2, 0) is 16.1 Å². The third kappa shape index (κ3) is 4.99. The van der Waals surface area contributed by atoms with Gasteiger partial charge in [0.05, 0.1) is 4.92 Å². The maximum absolute atomic E-state index is 11.8. The van der Waals surface area contributed by atoms with Crippen molar-refractivity contribution in [3.8, 4) is 11.4 Å². The van der Waals surface area contributed by atoms with Crippen LogP contribution in [0.2, 0.25) is 5.02 Å². The molecule has 0 amide bonds. The van der Waals surface area contributed by atoms with Crippen LogP contribution in [0, 0.1) is 10.1 Å². The predicted molar refractivity (Wildman–Crippen MR) is 96.7 cm³/mol. The van der Waals surface area contributed by atoms with Crippen molar-refractivity contribution in [1.29, 1.82) is 0 Å². The number of nitro groups is 1. The maximum Gasteiger partial charge on any atom is 0.331 e. The number of carbonyl (C=O) groups excluding carboxylic acids is 1. The van der Waals surface area contributed by atoms with Crippen LogP contribution in [0.1, 0.15) is 11.5 Å². The van der Waals surface area contributed by atoms with Crippen LogP contribution in [0.3, 0.4) is 0 Å². The summed E-state index contributed by atoms with van der Waals surface area (Å²) >= 11 is 5.92. The first-order valence-corrected chi connectivity index (χ1v) is 8.07. The highest BCUT2D eigenvalue weighted by molar-refractivity contribution is 6.30. The van der Waals surface area contributed by atoms with E-state index < -0.39 is 10.9 Å². The first-order chi connectivity index (χ1) is 13.0. The van der Waals surface area contributed by atoms with E-state index in [2.05, 4.69) is 10.1 Å². The molecule has 0 spiro atoms. The van der Waals surface area contributed by atoms with Crippen molar-refractivity contribution >= 4 is 29.3 Å². The van der Waals surface area contributed by atoms with Crippen LogP contribution in [0.25, 0.3) is 17.5 Å². The fourth-order valence-corrected chi connectivity index (χ4v) is 2.30. The Labute approximate surface area is 158 Å². The molecule has 0 fully saturated rings. The van der Waals surface area contributed by atoms with Crippen LogP contribution >= 0.6 is 11.6 Å². The second-order valence-electron chi connectivity index (χ2n) is 5.31. The average Bonchev–Trinajstić information content (AvgIpc) is 3.14. The molecule has 0 unspecified atom stereocenters. The lowest BCUT2D eigenvalue weighted by Crippen LogP contribution is -2.01. The highest BCUT2D eigenvalue weighted by Gasteiger charge is 2.10. The van der Waals surface area contributed by atoms with E-state index in [0.717, 1.165) is 0 Å². The van der Waals surface area contributed by atoms with Crippen LogP contribution in [-0.4, -0.2) is 21.0 Å². The zero-order chi connectivity index (χ0) is 19.2. The lowest BCUT2D eigenvalue weighted by atomic mass is 10.2. The van der Waals surface area contributed by atoms with E-state index in [4.69, 9.17) is 20.9 Å². The first-order valence-electron chi connectivity index (χ1n) is 7.69. The number of ether oxygens (including phenoxy) is 1. The number of halogens is 1. The molecule has 8 nitrogen and oxygen atoms in total. The molecule has 3 aromatic rings. The molecular formula is C18H12ClN3O5. The van der Waals surface area contributed by atoms with E-state index in [9.17, 15) is 14.9 Å². The summed E-state index contributed by atoms with van der Waals surface area (Å²) in [5.74, 6) is -0.136. The summed E-state index contributed by atoms with van der Waals surface area (Å²) in [5, 5.41) is 14.9. The highest BCUT2D eigenvalue weighted by Crippen LogP contribution is 2.20. The molecule has 0 atom stereocenters. The van der Waals surface area contributed by atoms with Crippen LogP contribution in [0.5, 0.6) is 0 Å². The van der Waals surface area contributed by atoms with Gasteiger partial charge < -0.3 is 9.26 Å². The molecule has 0 aliphatic heterocycles. The number of esters is 1. The largest absolute Gasteiger partial charge is 0.452 e. The molecule has 1 aromatic heterocycles. The van der Waals surface area contributed by atoms with Gasteiger partial charge in [-0.3, -0.25) is 10.1 Å². The van der Waals surface area contributed by atoms with Gasteiger partial charge in [0, 0.05) is 28.8 Å². The molecule has 2 aromatic carbocycles. The standard InChI is InChI=1S/C18H12ClN3O5/c19-14-3-1-2-13(10-14)18-20-16(27-21-18)11-26-17(23)9-6-12-4-7-15(8-5-12)22(24)25/h1-10H,11H2/b9-6+. The van der Waals surface area contributed by atoms with E-state index >= 15 is 0 Å². The topological polar surface area (TPSA) is 108 Å². The molecule has 9 heteroatoms. The Morgan fingerprint density at radius 1 is 1.26 bits per heavy atom. The first kappa shape index (κ1) is 18.3. The quantitative estimate of drug-likeness (QED) is 0.272. The van der Waals surface area contributed by atoms with Crippen molar-refractivity contribution in [1.82, 2.24) is 10.1 Å². The highest BCUT2D eigenvalue weighted by atomic mass is 35.5. The fraction of sp³-hybridized carbons (Fsp3) is 0.0556. The molecule has 3 rings (SSSR count). The van der Waals surface area contributed by atoms with Gasteiger partial charge in [-0.15, -0.1) is 0 Å². The van der Waals surface area contributed by atoms with Crippen LogP contribution in [0.4, 0.5) is 5.69 Å². The van der Waals surface area contributed by atoms with Crippen molar-refractivity contribution in [2.24, 2.45) is 0 Å². The van der Waals surface area contributed by atoms with Crippen molar-refractivity contribution in [3.63, 3.8) is 0 Å². The van der Waals surface area contributed by atoms with E-state index in [1.807, 2.05) is 0 Å². The van der Waals surface area contributed by atoms with Crippen LogP contribution in [0.15, 0.2) is 59.1 Å². The van der Waals surface area contributed by atoms with Gasteiger partial charge in [0.25, 0.3) is 11.6 Å². The Balaban J connectivity index is 1.55. The van der Waals surface area contributed by atoms with Gasteiger partial charge in [0.15, 0.2) is 6.61 Å². The molecule has 0 saturated heterocycles. The number of nitro benzene ring substituents is 1. The Bertz CT molecular complexity index is 998. The van der Waals surface area contributed by atoms with Gasteiger partial charge in [-0.25, -0.2) is 4.79 Å². The summed E-state index contributed by atoms with van der Waals surface area (Å²) in [5.41, 5.74) is 1.28. The molecule has 136 valence electrons. The third-order valence-corrected chi connectivity index (χ3v) is 3.64. The Kier molecular flexibility index (Phi) is 5.58. The second-order valence-corrected chi connectivity index (χ2v) is 5.75. The summed E-state index contributed by atoms with van der Waals surface area (Å²) < 4.78 is 10.1. The number of carbonyl (C=O) groups is 1. The SMILES string of the molecule is O=C(/C=C/c1ccc([N+](=O)[O-])cc1)OCc1nc(-c2cccc(Cl)c2)no1. The van der Waals surface area contributed by atoms with Gasteiger partial charge >= 0.3 is 5.97 Å². The number of nitrogens with zero attached hydrogens (tertiary/aromatic N) is 3. The Morgan fingerprint density at radius 3 is 2.74 bits per heavy atom. The number of aromatic nitrogens is 2. The molecule has 0 N–H and O–H groups in total. The van der Waals surface area contributed by atoms with Crippen LogP contribution < -0.4 is 0 Å². The van der Waals surface area contributed by atoms with Gasteiger partial charge in [-0.1, -0.05) is 28.9 Å². The lowest BCUT2D eigenvalue weighted by molar-refractivity contribution is -0.384. The summed E-state index contributed by atoms with van der Waals surface area (Å²) in [6.45, 7) is -0.184. The molecular weight excluding hydrogens is 374 g/mol. The minimum Gasteiger partial charge on any atom is -0.452 e. The molecule has 0 bridgehead atoms. The second kappa shape index (κ2) is 8.24. The Hall–Kier alpha value is -3.52. The molecule has 0 aliphatic rings. The van der Waals surface area contributed by atoms with E-state index in [0.29, 0.717) is 22.0 Å². The van der Waals surface area contributed by atoms with E-state index in [1.165, 1.54) is 36.4 Å². The van der Waals surface area contributed by atoms with Gasteiger partial charge in [-0.05, 0) is 35.9 Å². The summed E-state index contributed by atoms with van der Waals surface area (Å²) in [7, 11) is 0. The van der Waals surface area contributed by atoms with Gasteiger partial charge in [-0.2, -0.15) is 4.98 Å². The summed E-state index contributed by atoms with van der Waals surface area (Å²) in [4.78, 5) is 26.0. The van der Waals surface area contributed by atoms with E-state index in [1.54, 1.807) is 24.3 Å². The van der Waals surface area contributed by atoms with Crippen molar-refractivity contribution in [3.05, 3.63) is 81.2 Å². The summed E-state index contributed by atoms with van der Waals surface area (Å²) in [6, 6.07) is 12.7. The molecule has 0 radical (unpaired) electrons. The smallest absolute Gasteiger partial charge is 0.331 e. The Morgan fingerprint density at radius 2 is 2.04 bits per heavy atom. The zero-order valence-corrected chi connectivity index (χ0v) is 14.5. The lowest BCUT2D eigenvalue weighted by Gasteiger charge is -1.97. The number of rotatable bonds is 6. The molecule has 1 heterocycles. The molecule has 0 saturated carbocycles. The number of non-ortho nitro benzene ring substituents is 1. The van der Waals surface area contributed by atoms with Crippen molar-refractivity contribution < 1.29 is 19.0 Å². The number of hydrogen-bond acceptors (Lipinski definition) is 7. The minimum atomic E-state index is -0.615. The zero-order valence-electron chi connectivity index (χ0n) is 13.7. The molecule has 0 aliphatic carbocycles. The normalized spacial score (nSPS) is 10.9. The number of benzene rings is 2. The molecule has 27 heavy (non-hydrogen) atoms. The minimum absolute atomic E-state index is 0.0263.